The number of rotatable bonds is 12. The van der Waals surface area contributed by atoms with E-state index >= 15 is 0 Å². The minimum atomic E-state index is -1.06. The van der Waals surface area contributed by atoms with E-state index in [1.165, 1.54) is 0 Å². The van der Waals surface area contributed by atoms with Crippen LogP contribution < -0.4 is 9.80 Å². The van der Waals surface area contributed by atoms with Crippen LogP contribution in [0.5, 0.6) is 0 Å². The first-order valence-electron chi connectivity index (χ1n) is 17.0. The molecule has 0 bridgehead atoms. The van der Waals surface area contributed by atoms with Crippen LogP contribution in [0.1, 0.15) is 98.6 Å². The number of amides is 2. The highest BCUT2D eigenvalue weighted by atomic mass is 79.9. The number of carbonyl (C=O) groups excluding carboxylic acids is 2. The van der Waals surface area contributed by atoms with E-state index in [2.05, 4.69) is 119 Å². The summed E-state index contributed by atoms with van der Waals surface area (Å²) in [5.74, 6) is 7.50. The van der Waals surface area contributed by atoms with Crippen molar-refractivity contribution in [2.45, 2.75) is 79.1 Å². The van der Waals surface area contributed by atoms with Crippen LogP contribution >= 0.6 is 74.6 Å². The minimum absolute atomic E-state index is 0.0710. The fourth-order valence-corrected chi connectivity index (χ4v) is 10.9. The van der Waals surface area contributed by atoms with Gasteiger partial charge in [0.05, 0.1) is 51.0 Å². The third kappa shape index (κ3) is 8.83. The van der Waals surface area contributed by atoms with Gasteiger partial charge in [-0.25, -0.2) is 0 Å². The number of nitrogens with zero attached hydrogens (tertiary/aromatic N) is 2. The molecule has 2 aromatic rings. The maximum Gasteiger partial charge on any atom is 0.260 e. The lowest BCUT2D eigenvalue weighted by Gasteiger charge is -2.24. The molecule has 0 saturated carbocycles. The number of thiophene rings is 2. The Morgan fingerprint density at radius 3 is 1.29 bits per heavy atom. The number of unbranched alkanes of at least 4 members (excludes halogenated alkanes) is 2. The average Bonchev–Trinajstić information content (AvgIpc) is 3.68. The van der Waals surface area contributed by atoms with Gasteiger partial charge in [-0.2, -0.15) is 20.1 Å². The smallest absolute Gasteiger partial charge is 0.260 e. The lowest BCUT2D eigenvalue weighted by atomic mass is 9.98. The summed E-state index contributed by atoms with van der Waals surface area (Å²) in [5.41, 5.74) is 2.82. The molecule has 0 saturated heterocycles. The van der Waals surface area contributed by atoms with Crippen molar-refractivity contribution in [3.05, 3.63) is 28.5 Å². The van der Waals surface area contributed by atoms with Crippen LogP contribution in [0, 0.1) is 34.2 Å². The minimum Gasteiger partial charge on any atom is -0.305 e. The van der Waals surface area contributed by atoms with Gasteiger partial charge >= 0.3 is 0 Å². The first-order chi connectivity index (χ1) is 22.6. The molecule has 10 heteroatoms. The van der Waals surface area contributed by atoms with Crippen LogP contribution in [0.25, 0.3) is 11.1 Å². The van der Waals surface area contributed by atoms with Crippen LogP contribution in [-0.4, -0.2) is 62.4 Å². The van der Waals surface area contributed by atoms with E-state index in [0.717, 1.165) is 91.2 Å². The molecule has 2 atom stereocenters. The van der Waals surface area contributed by atoms with Gasteiger partial charge in [0.25, 0.3) is 11.8 Å². The molecule has 2 amide bonds. The molecule has 0 fully saturated rings. The summed E-state index contributed by atoms with van der Waals surface area (Å²) >= 11 is 10.9. The second-order valence-corrected chi connectivity index (χ2v) is 25.8. The fraction of sp³-hybridized carbons (Fsp3) is 0.579. The topological polar surface area (TPSA) is 40.6 Å². The zero-order chi connectivity index (χ0) is 35.6. The first kappa shape index (κ1) is 39.6. The van der Waals surface area contributed by atoms with Gasteiger partial charge in [-0.3, -0.25) is 9.59 Å². The summed E-state index contributed by atoms with van der Waals surface area (Å²) in [7, 11) is -2.11. The Kier molecular flexibility index (Phi) is 13.6. The molecule has 0 spiro atoms. The Hall–Kier alpha value is -1.14. The highest BCUT2D eigenvalue weighted by Crippen LogP contribution is 2.57. The highest BCUT2D eigenvalue weighted by Gasteiger charge is 2.47. The maximum absolute atomic E-state index is 14.8. The Bertz CT molecular complexity index is 1580. The molecule has 4 nitrogen and oxygen atoms in total. The van der Waals surface area contributed by atoms with E-state index < -0.39 is 20.1 Å². The molecule has 0 N–H and O–H groups in total. The summed E-state index contributed by atoms with van der Waals surface area (Å²) in [6.07, 6.45) is 21.8. The standard InChI is InChI=1S/C38H52Br2N2O2S4/c1-11-15-17-25(13-3)23-41-33-31(39)27(19-21-47(5,6)7)45-35(33)29(37(41)43)30-36-34(32(40)28(46-36)20-22-48(8,9)10)42(38(30)44)24-26(14-4)18-16-12-2/h25-26H,11-18,23-24H2,1-10H3/b30-29+. The van der Waals surface area contributed by atoms with E-state index in [-0.39, 0.29) is 11.8 Å². The predicted molar refractivity (Wildman–Crippen MR) is 227 cm³/mol. The van der Waals surface area contributed by atoms with E-state index in [9.17, 15) is 9.59 Å². The normalized spacial score (nSPS) is 17.9. The Labute approximate surface area is 318 Å². The van der Waals surface area contributed by atoms with Gasteiger partial charge in [0, 0.05) is 13.1 Å². The van der Waals surface area contributed by atoms with Crippen molar-refractivity contribution in [1.29, 1.82) is 0 Å². The van der Waals surface area contributed by atoms with Crippen molar-refractivity contribution in [1.82, 2.24) is 0 Å². The Morgan fingerprint density at radius 1 is 0.646 bits per heavy atom. The summed E-state index contributed by atoms with van der Waals surface area (Å²) in [6, 6.07) is 0. The van der Waals surface area contributed by atoms with Gasteiger partial charge in [-0.1, -0.05) is 66.2 Å². The molecule has 2 aromatic heterocycles. The molecule has 2 aliphatic rings. The third-order valence-electron chi connectivity index (χ3n) is 8.72. The molecule has 2 aliphatic heterocycles. The highest BCUT2D eigenvalue weighted by molar-refractivity contribution is 9.11. The quantitative estimate of drug-likeness (QED) is 0.158. The number of halogens is 2. The molecule has 4 rings (SSSR count). The van der Waals surface area contributed by atoms with Crippen molar-refractivity contribution in [2.75, 3.05) is 60.4 Å². The van der Waals surface area contributed by atoms with E-state index in [4.69, 9.17) is 0 Å². The van der Waals surface area contributed by atoms with E-state index in [1.807, 2.05) is 9.80 Å². The second kappa shape index (κ2) is 16.5. The lowest BCUT2D eigenvalue weighted by Crippen LogP contribution is -2.34. The van der Waals surface area contributed by atoms with Crippen LogP contribution in [0.2, 0.25) is 0 Å². The van der Waals surface area contributed by atoms with E-state index in [1.54, 1.807) is 22.7 Å². The molecular weight excluding hydrogens is 805 g/mol. The lowest BCUT2D eigenvalue weighted by molar-refractivity contribution is -0.114. The average molecular weight is 857 g/mol. The monoisotopic (exact) mass is 854 g/mol. The molecule has 4 heterocycles. The number of hydrogen-bond acceptors (Lipinski definition) is 4. The summed E-state index contributed by atoms with van der Waals surface area (Å²) in [6.45, 7) is 10.1. The van der Waals surface area contributed by atoms with Gasteiger partial charge in [-0.05, 0) is 116 Å². The predicted octanol–water partition coefficient (Wildman–Crippen LogP) is 11.4. The maximum atomic E-state index is 14.8. The van der Waals surface area contributed by atoms with Crippen molar-refractivity contribution in [3.8, 4) is 22.3 Å². The molecule has 264 valence electrons. The van der Waals surface area contributed by atoms with Crippen molar-refractivity contribution >= 4 is 109 Å². The number of anilines is 2. The molecule has 0 aromatic carbocycles. The van der Waals surface area contributed by atoms with Crippen LogP contribution in [0.15, 0.2) is 8.95 Å². The van der Waals surface area contributed by atoms with Gasteiger partial charge in [0.15, 0.2) is 0 Å². The van der Waals surface area contributed by atoms with Gasteiger partial charge in [0.1, 0.15) is 0 Å². The van der Waals surface area contributed by atoms with Crippen molar-refractivity contribution in [3.63, 3.8) is 0 Å². The van der Waals surface area contributed by atoms with Crippen LogP contribution in [0.3, 0.4) is 0 Å². The summed E-state index contributed by atoms with van der Waals surface area (Å²) in [5, 5.41) is 6.95. The first-order valence-corrected chi connectivity index (χ1v) is 25.9. The van der Waals surface area contributed by atoms with Crippen LogP contribution in [0.4, 0.5) is 11.4 Å². The molecular formula is C38H52Br2N2O2S4. The van der Waals surface area contributed by atoms with Crippen LogP contribution in [-0.2, 0) is 9.59 Å². The summed E-state index contributed by atoms with van der Waals surface area (Å²) in [4.78, 5) is 37.0. The largest absolute Gasteiger partial charge is 0.305 e. The Morgan fingerprint density at radius 2 is 1.00 bits per heavy atom. The van der Waals surface area contributed by atoms with Gasteiger partial charge in [-0.15, -0.1) is 22.7 Å². The number of carbonyl (C=O) groups is 2. The van der Waals surface area contributed by atoms with Crippen molar-refractivity contribution in [2.24, 2.45) is 11.8 Å². The number of fused-ring (bicyclic) bond motifs is 2. The summed E-state index contributed by atoms with van der Waals surface area (Å²) < 4.78 is 1.74. The zero-order valence-electron chi connectivity index (χ0n) is 30.3. The van der Waals surface area contributed by atoms with Crippen molar-refractivity contribution < 1.29 is 9.59 Å². The zero-order valence-corrected chi connectivity index (χ0v) is 36.8. The fourth-order valence-electron chi connectivity index (χ4n) is 5.99. The van der Waals surface area contributed by atoms with E-state index in [0.29, 0.717) is 36.1 Å². The SMILES string of the molecule is CCCCC(CC)CN1C(=O)/C(=C2/C(=O)N(CC(CC)CCCC)c3c2sc(C#CS(C)(C)C)c3Br)c2sc(C#CS(C)(C)C)c(Br)c21. The van der Waals surface area contributed by atoms with Gasteiger partial charge in [0.2, 0.25) is 0 Å². The molecule has 2 unspecified atom stereocenters. The molecule has 48 heavy (non-hydrogen) atoms. The molecule has 0 radical (unpaired) electrons. The molecule has 0 aliphatic carbocycles. The number of hydrogen-bond donors (Lipinski definition) is 0. The van der Waals surface area contributed by atoms with Gasteiger partial charge < -0.3 is 9.80 Å². The second-order valence-electron chi connectivity index (χ2n) is 14.4. The third-order valence-corrected chi connectivity index (χ3v) is 14.4. The Balaban J connectivity index is 1.98.